The molecule has 2 aliphatic rings. The lowest BCUT2D eigenvalue weighted by Gasteiger charge is -2.24. The SMILES string of the molecule is Cc1cccc(-c2scnc2C(=O)N2CCSC2CNC(=O)c2cccc3c2CCO3)c1. The first kappa shape index (κ1) is 21.0. The lowest BCUT2D eigenvalue weighted by Crippen LogP contribution is -2.42. The molecule has 164 valence electrons. The third kappa shape index (κ3) is 4.00. The van der Waals surface area contributed by atoms with Crippen LogP contribution in [0, 0.1) is 6.92 Å². The molecular formula is C24H23N3O3S2. The number of amides is 2. The number of aryl methyl sites for hydroxylation is 1. The Morgan fingerprint density at radius 1 is 1.25 bits per heavy atom. The summed E-state index contributed by atoms with van der Waals surface area (Å²) in [6.07, 6.45) is 0.743. The van der Waals surface area contributed by atoms with Gasteiger partial charge in [0.2, 0.25) is 0 Å². The van der Waals surface area contributed by atoms with Crippen molar-refractivity contribution in [1.82, 2.24) is 15.2 Å². The molecule has 5 rings (SSSR count). The van der Waals surface area contributed by atoms with Crippen LogP contribution >= 0.6 is 23.1 Å². The minimum Gasteiger partial charge on any atom is -0.493 e. The number of hydrogen-bond acceptors (Lipinski definition) is 6. The van der Waals surface area contributed by atoms with Gasteiger partial charge < -0.3 is 15.0 Å². The molecule has 1 N–H and O–H groups in total. The fourth-order valence-electron chi connectivity index (χ4n) is 4.16. The summed E-state index contributed by atoms with van der Waals surface area (Å²) in [5.74, 6) is 1.42. The van der Waals surface area contributed by atoms with Gasteiger partial charge in [0, 0.05) is 36.4 Å². The van der Waals surface area contributed by atoms with E-state index < -0.39 is 0 Å². The fourth-order valence-corrected chi connectivity index (χ4v) is 6.09. The first-order chi connectivity index (χ1) is 15.6. The average molecular weight is 466 g/mol. The Hall–Kier alpha value is -2.84. The Morgan fingerprint density at radius 2 is 2.12 bits per heavy atom. The lowest BCUT2D eigenvalue weighted by atomic mass is 10.0. The van der Waals surface area contributed by atoms with Gasteiger partial charge in [0.1, 0.15) is 11.4 Å². The highest BCUT2D eigenvalue weighted by molar-refractivity contribution is 8.00. The van der Waals surface area contributed by atoms with E-state index in [4.69, 9.17) is 4.74 Å². The largest absolute Gasteiger partial charge is 0.493 e. The first-order valence-corrected chi connectivity index (χ1v) is 12.5. The standard InChI is InChI=1S/C24H23N3O3S2/c1-15-4-2-5-16(12-15)22-21(26-14-32-22)24(29)27-9-11-31-20(27)13-25-23(28)18-6-3-7-19-17(18)8-10-30-19/h2-7,12,14,20H,8-11,13H2,1H3,(H,25,28). The second-order valence-corrected chi connectivity index (χ2v) is 9.95. The summed E-state index contributed by atoms with van der Waals surface area (Å²) in [5, 5.41) is 2.91. The number of hydrogen-bond donors (Lipinski definition) is 1. The molecule has 6 nitrogen and oxygen atoms in total. The van der Waals surface area contributed by atoms with Crippen molar-refractivity contribution in [1.29, 1.82) is 0 Å². The maximum Gasteiger partial charge on any atom is 0.274 e. The zero-order chi connectivity index (χ0) is 22.1. The zero-order valence-electron chi connectivity index (χ0n) is 17.7. The number of nitrogens with zero attached hydrogens (tertiary/aromatic N) is 2. The summed E-state index contributed by atoms with van der Waals surface area (Å²) in [5.41, 5.74) is 5.97. The molecule has 0 radical (unpaired) electrons. The second kappa shape index (κ2) is 8.96. The number of carbonyl (C=O) groups excluding carboxylic acids is 2. The number of aromatic nitrogens is 1. The van der Waals surface area contributed by atoms with Crippen LogP contribution in [0.3, 0.4) is 0 Å². The van der Waals surface area contributed by atoms with E-state index in [9.17, 15) is 9.59 Å². The van der Waals surface area contributed by atoms with Crippen LogP contribution in [-0.4, -0.2) is 52.5 Å². The highest BCUT2D eigenvalue weighted by atomic mass is 32.2. The van der Waals surface area contributed by atoms with Crippen molar-refractivity contribution in [3.8, 4) is 16.2 Å². The Kier molecular flexibility index (Phi) is 5.89. The van der Waals surface area contributed by atoms with E-state index in [0.29, 0.717) is 31.0 Å². The van der Waals surface area contributed by atoms with E-state index in [0.717, 1.165) is 39.5 Å². The number of thioether (sulfide) groups is 1. The molecule has 3 aromatic rings. The first-order valence-electron chi connectivity index (χ1n) is 10.6. The highest BCUT2D eigenvalue weighted by Crippen LogP contribution is 2.32. The van der Waals surface area contributed by atoms with Crippen molar-refractivity contribution < 1.29 is 14.3 Å². The molecule has 1 saturated heterocycles. The van der Waals surface area contributed by atoms with Crippen LogP contribution in [0.1, 0.15) is 32.0 Å². The molecule has 2 aromatic carbocycles. The van der Waals surface area contributed by atoms with E-state index in [1.165, 1.54) is 11.3 Å². The minimum atomic E-state index is -0.124. The predicted octanol–water partition coefficient (Wildman–Crippen LogP) is 4.00. The van der Waals surface area contributed by atoms with Crippen LogP contribution in [0.2, 0.25) is 0 Å². The molecular weight excluding hydrogens is 442 g/mol. The van der Waals surface area contributed by atoms with Gasteiger partial charge in [-0.15, -0.1) is 23.1 Å². The van der Waals surface area contributed by atoms with Gasteiger partial charge in [-0.2, -0.15) is 0 Å². The normalized spacial score (nSPS) is 17.2. The molecule has 2 aliphatic heterocycles. The highest BCUT2D eigenvalue weighted by Gasteiger charge is 2.33. The minimum absolute atomic E-state index is 0.0824. The summed E-state index contributed by atoms with van der Waals surface area (Å²) >= 11 is 3.16. The molecule has 8 heteroatoms. The van der Waals surface area contributed by atoms with Gasteiger partial charge >= 0.3 is 0 Å². The number of benzene rings is 2. The van der Waals surface area contributed by atoms with Crippen molar-refractivity contribution in [2.24, 2.45) is 0 Å². The Bertz CT molecular complexity index is 1180. The van der Waals surface area contributed by atoms with E-state index >= 15 is 0 Å². The molecule has 0 saturated carbocycles. The maximum absolute atomic E-state index is 13.4. The number of fused-ring (bicyclic) bond motifs is 1. The summed E-state index contributed by atoms with van der Waals surface area (Å²) in [6.45, 7) is 3.68. The molecule has 0 spiro atoms. The van der Waals surface area contributed by atoms with Crippen LogP contribution in [0.4, 0.5) is 0 Å². The van der Waals surface area contributed by atoms with Gasteiger partial charge in [-0.3, -0.25) is 9.59 Å². The lowest BCUT2D eigenvalue weighted by molar-refractivity contribution is 0.0747. The topological polar surface area (TPSA) is 71.5 Å². The van der Waals surface area contributed by atoms with Gasteiger partial charge in [0.05, 0.1) is 22.4 Å². The summed E-state index contributed by atoms with van der Waals surface area (Å²) in [7, 11) is 0. The Morgan fingerprint density at radius 3 is 3.00 bits per heavy atom. The van der Waals surface area contributed by atoms with E-state index in [-0.39, 0.29) is 17.2 Å². The maximum atomic E-state index is 13.4. The quantitative estimate of drug-likeness (QED) is 0.617. The Labute approximate surface area is 195 Å². The Balaban J connectivity index is 1.30. The van der Waals surface area contributed by atoms with Crippen molar-refractivity contribution >= 4 is 34.9 Å². The number of carbonyl (C=O) groups is 2. The molecule has 32 heavy (non-hydrogen) atoms. The second-order valence-electron chi connectivity index (χ2n) is 7.81. The molecule has 1 atom stereocenters. The molecule has 1 fully saturated rings. The van der Waals surface area contributed by atoms with E-state index in [1.54, 1.807) is 17.3 Å². The van der Waals surface area contributed by atoms with Gasteiger partial charge in [0.15, 0.2) is 0 Å². The number of rotatable bonds is 5. The molecule has 1 unspecified atom stereocenters. The number of thiazole rings is 1. The number of nitrogens with one attached hydrogen (secondary N) is 1. The molecule has 2 amide bonds. The van der Waals surface area contributed by atoms with Crippen LogP contribution in [0.25, 0.3) is 10.4 Å². The number of ether oxygens (including phenoxy) is 1. The van der Waals surface area contributed by atoms with Crippen LogP contribution in [0.5, 0.6) is 5.75 Å². The third-order valence-electron chi connectivity index (χ3n) is 5.73. The van der Waals surface area contributed by atoms with E-state index in [1.807, 2.05) is 48.2 Å². The molecule has 0 aliphatic carbocycles. The third-order valence-corrected chi connectivity index (χ3v) is 7.83. The smallest absolute Gasteiger partial charge is 0.274 e. The van der Waals surface area contributed by atoms with Crippen molar-refractivity contribution in [3.63, 3.8) is 0 Å². The summed E-state index contributed by atoms with van der Waals surface area (Å²) in [6, 6.07) is 13.7. The monoisotopic (exact) mass is 465 g/mol. The van der Waals surface area contributed by atoms with Crippen LogP contribution in [-0.2, 0) is 6.42 Å². The molecule has 1 aromatic heterocycles. The predicted molar refractivity (Wildman–Crippen MR) is 128 cm³/mol. The van der Waals surface area contributed by atoms with Crippen LogP contribution in [0.15, 0.2) is 48.0 Å². The van der Waals surface area contributed by atoms with Gasteiger partial charge in [0.25, 0.3) is 11.8 Å². The van der Waals surface area contributed by atoms with E-state index in [2.05, 4.69) is 16.4 Å². The summed E-state index contributed by atoms with van der Waals surface area (Å²) < 4.78 is 5.57. The van der Waals surface area contributed by atoms with Gasteiger partial charge in [-0.25, -0.2) is 4.98 Å². The van der Waals surface area contributed by atoms with Gasteiger partial charge in [-0.05, 0) is 24.6 Å². The summed E-state index contributed by atoms with van der Waals surface area (Å²) in [4.78, 5) is 33.4. The van der Waals surface area contributed by atoms with Gasteiger partial charge in [-0.1, -0.05) is 35.9 Å². The average Bonchev–Trinajstić information content (AvgIpc) is 3.57. The van der Waals surface area contributed by atoms with Crippen molar-refractivity contribution in [3.05, 3.63) is 70.4 Å². The zero-order valence-corrected chi connectivity index (χ0v) is 19.3. The van der Waals surface area contributed by atoms with Crippen molar-refractivity contribution in [2.45, 2.75) is 18.7 Å². The fraction of sp³-hybridized carbons (Fsp3) is 0.292. The van der Waals surface area contributed by atoms with Crippen LogP contribution < -0.4 is 10.1 Å². The molecule has 0 bridgehead atoms. The van der Waals surface area contributed by atoms with Crippen molar-refractivity contribution in [2.75, 3.05) is 25.4 Å². The molecule has 3 heterocycles.